The molecule has 1 aliphatic rings. The van der Waals surface area contributed by atoms with Gasteiger partial charge in [-0.05, 0) is 54.6 Å². The van der Waals surface area contributed by atoms with Gasteiger partial charge >= 0.3 is 0 Å². The molecule has 0 bridgehead atoms. The molecule has 0 atom stereocenters. The number of imidazole rings is 1. The Labute approximate surface area is 193 Å². The van der Waals surface area contributed by atoms with Gasteiger partial charge in [0.1, 0.15) is 11.3 Å². The molecule has 3 aromatic carbocycles. The summed E-state index contributed by atoms with van der Waals surface area (Å²) in [6, 6.07) is 27.2. The van der Waals surface area contributed by atoms with Gasteiger partial charge in [0, 0.05) is 32.1 Å². The summed E-state index contributed by atoms with van der Waals surface area (Å²) in [6.45, 7) is 0. The van der Waals surface area contributed by atoms with Crippen LogP contribution < -0.4 is 5.32 Å². The van der Waals surface area contributed by atoms with Crippen molar-refractivity contribution in [3.8, 4) is 11.3 Å². The Balaban J connectivity index is 1.46. The fourth-order valence-corrected chi connectivity index (χ4v) is 5.05. The van der Waals surface area contributed by atoms with E-state index in [4.69, 9.17) is 16.6 Å². The Hall–Kier alpha value is -3.54. The monoisotopic (exact) mass is 453 g/mol. The van der Waals surface area contributed by atoms with Crippen LogP contribution in [0.1, 0.15) is 16.1 Å². The van der Waals surface area contributed by atoms with Crippen LogP contribution >= 0.6 is 23.4 Å². The molecule has 0 amide bonds. The Kier molecular flexibility index (Phi) is 4.52. The van der Waals surface area contributed by atoms with E-state index in [1.165, 1.54) is 4.90 Å². The Morgan fingerprint density at radius 3 is 2.53 bits per heavy atom. The van der Waals surface area contributed by atoms with E-state index in [-0.39, 0.29) is 5.78 Å². The van der Waals surface area contributed by atoms with Crippen molar-refractivity contribution in [2.75, 3.05) is 5.32 Å². The number of aromatic nitrogens is 2. The van der Waals surface area contributed by atoms with Crippen molar-refractivity contribution in [1.29, 1.82) is 0 Å². The van der Waals surface area contributed by atoms with Crippen molar-refractivity contribution in [3.63, 3.8) is 0 Å². The molecule has 0 saturated carbocycles. The minimum atomic E-state index is -0.118. The molecule has 3 heterocycles. The molecule has 0 fully saturated rings. The van der Waals surface area contributed by atoms with Gasteiger partial charge in [0.25, 0.3) is 0 Å². The second-order valence-electron chi connectivity index (χ2n) is 7.51. The zero-order valence-electron chi connectivity index (χ0n) is 16.7. The normalized spacial score (nSPS) is 12.2. The third kappa shape index (κ3) is 3.18. The zero-order chi connectivity index (χ0) is 21.7. The van der Waals surface area contributed by atoms with Gasteiger partial charge < -0.3 is 5.32 Å². The molecule has 0 unspecified atom stereocenters. The minimum absolute atomic E-state index is 0.118. The molecule has 0 saturated heterocycles. The van der Waals surface area contributed by atoms with E-state index < -0.39 is 0 Å². The smallest absolute Gasteiger partial charge is 0.213 e. The Morgan fingerprint density at radius 2 is 1.66 bits per heavy atom. The van der Waals surface area contributed by atoms with Crippen LogP contribution in [0, 0.1) is 0 Å². The summed E-state index contributed by atoms with van der Waals surface area (Å²) in [5.74, 6) is -0.118. The predicted molar refractivity (Wildman–Crippen MR) is 129 cm³/mol. The summed E-state index contributed by atoms with van der Waals surface area (Å²) < 4.78 is 1.94. The number of anilines is 2. The fourth-order valence-electron chi connectivity index (χ4n) is 3.95. The van der Waals surface area contributed by atoms with Gasteiger partial charge in [-0.2, -0.15) is 0 Å². The van der Waals surface area contributed by atoms with Gasteiger partial charge in [-0.1, -0.05) is 53.7 Å². The first-order valence-electron chi connectivity index (χ1n) is 10.1. The highest BCUT2D eigenvalue weighted by Gasteiger charge is 2.23. The van der Waals surface area contributed by atoms with Gasteiger partial charge in [0.2, 0.25) is 5.78 Å². The number of nitrogens with zero attached hydrogens (tertiary/aromatic N) is 2. The van der Waals surface area contributed by atoms with Gasteiger partial charge in [0.05, 0.1) is 17.1 Å². The van der Waals surface area contributed by atoms with E-state index in [1.54, 1.807) is 11.8 Å². The maximum atomic E-state index is 13.7. The SMILES string of the molecule is O=C(c1ccc2c(c1)Nc1ccccc1S2)c1nc2ccccn2c1-c1ccc(Cl)cc1. The van der Waals surface area contributed by atoms with E-state index in [9.17, 15) is 4.79 Å². The second kappa shape index (κ2) is 7.55. The van der Waals surface area contributed by atoms with Crippen LogP contribution in [0.2, 0.25) is 5.02 Å². The molecule has 0 radical (unpaired) electrons. The van der Waals surface area contributed by atoms with Crippen LogP contribution in [0.15, 0.2) is 101 Å². The average molecular weight is 454 g/mol. The number of carbonyl (C=O) groups is 1. The number of hydrogen-bond acceptors (Lipinski definition) is 4. The number of fused-ring (bicyclic) bond motifs is 3. The van der Waals surface area contributed by atoms with E-state index >= 15 is 0 Å². The third-order valence-corrected chi connectivity index (χ3v) is 6.88. The highest BCUT2D eigenvalue weighted by atomic mass is 35.5. The number of nitrogens with one attached hydrogen (secondary N) is 1. The number of carbonyl (C=O) groups excluding carboxylic acids is 1. The van der Waals surface area contributed by atoms with Gasteiger partial charge in [-0.15, -0.1) is 0 Å². The molecule has 154 valence electrons. The van der Waals surface area contributed by atoms with Gasteiger partial charge in [-0.25, -0.2) is 4.98 Å². The highest BCUT2D eigenvalue weighted by molar-refractivity contribution is 7.99. The lowest BCUT2D eigenvalue weighted by Crippen LogP contribution is -2.07. The summed E-state index contributed by atoms with van der Waals surface area (Å²) in [5.41, 5.74) is 5.35. The largest absolute Gasteiger partial charge is 0.354 e. The number of hydrogen-bond donors (Lipinski definition) is 1. The van der Waals surface area contributed by atoms with Crippen LogP contribution in [0.3, 0.4) is 0 Å². The number of ketones is 1. The van der Waals surface area contributed by atoms with Crippen LogP contribution in [0.4, 0.5) is 11.4 Å². The molecule has 1 N–H and O–H groups in total. The van der Waals surface area contributed by atoms with Crippen molar-refractivity contribution < 1.29 is 4.79 Å². The van der Waals surface area contributed by atoms with E-state index in [2.05, 4.69) is 11.4 Å². The lowest BCUT2D eigenvalue weighted by atomic mass is 10.0. The molecule has 5 aromatic rings. The molecule has 2 aromatic heterocycles. The Morgan fingerprint density at radius 1 is 0.875 bits per heavy atom. The highest BCUT2D eigenvalue weighted by Crippen LogP contribution is 2.44. The summed E-state index contributed by atoms with van der Waals surface area (Å²) in [7, 11) is 0. The van der Waals surface area contributed by atoms with Gasteiger partial charge in [-0.3, -0.25) is 9.20 Å². The Bertz CT molecular complexity index is 1510. The van der Waals surface area contributed by atoms with E-state index in [0.29, 0.717) is 16.3 Å². The number of para-hydroxylation sites is 1. The van der Waals surface area contributed by atoms with Crippen molar-refractivity contribution in [2.24, 2.45) is 0 Å². The number of benzene rings is 3. The molecule has 32 heavy (non-hydrogen) atoms. The molecule has 4 nitrogen and oxygen atoms in total. The summed E-state index contributed by atoms with van der Waals surface area (Å²) in [6.07, 6.45) is 1.92. The molecule has 6 heteroatoms. The first-order valence-corrected chi connectivity index (χ1v) is 11.3. The zero-order valence-corrected chi connectivity index (χ0v) is 18.3. The summed E-state index contributed by atoms with van der Waals surface area (Å²) in [5, 5.41) is 4.10. The lowest BCUT2D eigenvalue weighted by molar-refractivity contribution is 0.103. The molecule has 0 aliphatic carbocycles. The molecular formula is C26H16ClN3OS. The van der Waals surface area contributed by atoms with Crippen LogP contribution in [0.5, 0.6) is 0 Å². The van der Waals surface area contributed by atoms with Crippen molar-refractivity contribution in [1.82, 2.24) is 9.38 Å². The molecular weight excluding hydrogens is 438 g/mol. The van der Waals surface area contributed by atoms with E-state index in [0.717, 1.165) is 33.2 Å². The standard InChI is InChI=1S/C26H16ClN3OS/c27-18-11-8-16(9-12-18)25-24(29-23-7-3-4-14-30(23)25)26(31)17-10-13-22-20(15-17)28-19-5-1-2-6-21(19)32-22/h1-15,28H. The first-order chi connectivity index (χ1) is 15.7. The number of halogens is 1. The molecule has 0 spiro atoms. The first kappa shape index (κ1) is 19.2. The topological polar surface area (TPSA) is 46.4 Å². The summed E-state index contributed by atoms with van der Waals surface area (Å²) in [4.78, 5) is 20.6. The van der Waals surface area contributed by atoms with Crippen LogP contribution in [-0.4, -0.2) is 15.2 Å². The maximum Gasteiger partial charge on any atom is 0.213 e. The second-order valence-corrected chi connectivity index (χ2v) is 9.03. The summed E-state index contributed by atoms with van der Waals surface area (Å²) >= 11 is 7.79. The molecule has 1 aliphatic heterocycles. The maximum absolute atomic E-state index is 13.7. The lowest BCUT2D eigenvalue weighted by Gasteiger charge is -2.21. The fraction of sp³-hybridized carbons (Fsp3) is 0. The van der Waals surface area contributed by atoms with Crippen LogP contribution in [-0.2, 0) is 0 Å². The third-order valence-electron chi connectivity index (χ3n) is 5.48. The van der Waals surface area contributed by atoms with Crippen LogP contribution in [0.25, 0.3) is 16.9 Å². The predicted octanol–water partition coefficient (Wildman–Crippen LogP) is 7.09. The molecule has 6 rings (SSSR count). The van der Waals surface area contributed by atoms with Crippen molar-refractivity contribution >= 4 is 46.2 Å². The minimum Gasteiger partial charge on any atom is -0.354 e. The van der Waals surface area contributed by atoms with Gasteiger partial charge in [0.15, 0.2) is 0 Å². The average Bonchev–Trinajstić information content (AvgIpc) is 3.22. The van der Waals surface area contributed by atoms with Crippen molar-refractivity contribution in [2.45, 2.75) is 9.79 Å². The van der Waals surface area contributed by atoms with Crippen molar-refractivity contribution in [3.05, 3.63) is 107 Å². The number of rotatable bonds is 3. The van der Waals surface area contributed by atoms with E-state index in [1.807, 2.05) is 89.5 Å². The number of pyridine rings is 1. The quantitative estimate of drug-likeness (QED) is 0.290.